The summed E-state index contributed by atoms with van der Waals surface area (Å²) in [5, 5.41) is 0. The van der Waals surface area contributed by atoms with E-state index in [-0.39, 0.29) is 0 Å². The van der Waals surface area contributed by atoms with E-state index < -0.39 is 0 Å². The van der Waals surface area contributed by atoms with Crippen LogP contribution in [0.1, 0.15) is 20.3 Å². The Morgan fingerprint density at radius 1 is 1.50 bits per heavy atom. The normalized spacial score (nSPS) is 17.6. The summed E-state index contributed by atoms with van der Waals surface area (Å²) >= 11 is 2.53. The Labute approximate surface area is 66.6 Å². The molecule has 0 N–H and O–H groups in total. The average molecular weight is 224 g/mol. The second-order valence-corrected chi connectivity index (χ2v) is 5.25. The van der Waals surface area contributed by atoms with Crippen molar-refractivity contribution in [1.29, 1.82) is 0 Å². The van der Waals surface area contributed by atoms with Crippen LogP contribution in [0.4, 0.5) is 0 Å². The highest BCUT2D eigenvalue weighted by atomic mass is 127. The second-order valence-electron chi connectivity index (χ2n) is 2.79. The Hall–Kier alpha value is 0.795. The molecule has 0 bridgehead atoms. The minimum atomic E-state index is 0.512. The number of hydrogen-bond donors (Lipinski definition) is 0. The molecule has 0 spiro atoms. The Bertz CT molecular complexity index is 68.9. The molecule has 0 radical (unpaired) electrons. The van der Waals surface area contributed by atoms with Crippen molar-refractivity contribution < 1.29 is 0 Å². The minimum absolute atomic E-state index is 0.512. The lowest BCUT2D eigenvalue weighted by molar-refractivity contribution is 0.845. The molecule has 0 saturated heterocycles. The zero-order valence-corrected chi connectivity index (χ0v) is 8.32. The molecule has 0 aromatic heterocycles. The van der Waals surface area contributed by atoms with Gasteiger partial charge in [-0.05, 0) is 9.74 Å². The van der Waals surface area contributed by atoms with E-state index in [1.165, 1.54) is 6.42 Å². The van der Waals surface area contributed by atoms with Gasteiger partial charge in [0.05, 0.1) is 0 Å². The van der Waals surface area contributed by atoms with Crippen LogP contribution in [-0.4, -0.2) is 10.0 Å². The first-order valence-corrected chi connectivity index (χ1v) is 4.27. The maximum atomic E-state index is 2.53. The molecule has 0 heterocycles. The van der Waals surface area contributed by atoms with Crippen LogP contribution in [0.3, 0.4) is 0 Å². The molecule has 0 aliphatic heterocycles. The second kappa shape index (κ2) is 3.09. The first-order chi connectivity index (χ1) is 3.50. The number of rotatable bonds is 2. The van der Waals surface area contributed by atoms with Crippen molar-refractivity contribution >= 4 is 29.3 Å². The molecule has 0 rings (SSSR count). The van der Waals surface area contributed by atoms with E-state index >= 15 is 0 Å². The predicted molar refractivity (Wildman–Crippen MR) is 50.2 cm³/mol. The maximum absolute atomic E-state index is 2.53. The van der Waals surface area contributed by atoms with Gasteiger partial charge in [0.1, 0.15) is 0 Å². The SMILES string of the molecule is CCC(C)(I)B(C)C. The third-order valence-electron chi connectivity index (χ3n) is 1.90. The zero-order chi connectivity index (χ0) is 6.78. The van der Waals surface area contributed by atoms with Crippen LogP contribution in [0, 0.1) is 0 Å². The molecule has 0 aromatic rings. The van der Waals surface area contributed by atoms with Crippen molar-refractivity contribution in [3.63, 3.8) is 0 Å². The van der Waals surface area contributed by atoms with Crippen molar-refractivity contribution in [3.8, 4) is 0 Å². The fourth-order valence-corrected chi connectivity index (χ4v) is 0.408. The van der Waals surface area contributed by atoms with Gasteiger partial charge in [-0.25, -0.2) is 0 Å². The molecule has 0 aliphatic rings. The van der Waals surface area contributed by atoms with E-state index in [1.54, 1.807) is 0 Å². The molecule has 2 heteroatoms. The van der Waals surface area contributed by atoms with Crippen LogP contribution in [0.25, 0.3) is 0 Å². The molecule has 0 aromatic carbocycles. The number of alkyl halides is 1. The lowest BCUT2D eigenvalue weighted by atomic mass is 9.45. The van der Waals surface area contributed by atoms with Gasteiger partial charge in [-0.2, -0.15) is 0 Å². The van der Waals surface area contributed by atoms with Gasteiger partial charge in [0.2, 0.25) is 0 Å². The fourth-order valence-electron chi connectivity index (χ4n) is 0.408. The summed E-state index contributed by atoms with van der Waals surface area (Å²) in [6.07, 6.45) is 1.27. The molecular weight excluding hydrogens is 210 g/mol. The van der Waals surface area contributed by atoms with Gasteiger partial charge in [-0.15, -0.1) is 0 Å². The Morgan fingerprint density at radius 3 is 1.88 bits per heavy atom. The van der Waals surface area contributed by atoms with Crippen molar-refractivity contribution in [1.82, 2.24) is 0 Å². The topological polar surface area (TPSA) is 0 Å². The summed E-state index contributed by atoms with van der Waals surface area (Å²) in [6, 6.07) is 0. The van der Waals surface area contributed by atoms with E-state index in [0.717, 1.165) is 6.71 Å². The van der Waals surface area contributed by atoms with Gasteiger partial charge in [0.25, 0.3) is 0 Å². The minimum Gasteiger partial charge on any atom is -0.0883 e. The molecule has 0 nitrogen and oxygen atoms in total. The molecule has 8 heavy (non-hydrogen) atoms. The van der Waals surface area contributed by atoms with Gasteiger partial charge < -0.3 is 0 Å². The third kappa shape index (κ3) is 2.38. The Kier molecular flexibility index (Phi) is 3.40. The first kappa shape index (κ1) is 8.79. The molecule has 1 atom stereocenters. The summed E-state index contributed by atoms with van der Waals surface area (Å²) in [6.45, 7) is 9.89. The summed E-state index contributed by atoms with van der Waals surface area (Å²) in [5.74, 6) is 0. The molecular formula is C6H14BI. The first-order valence-electron chi connectivity index (χ1n) is 3.19. The van der Waals surface area contributed by atoms with Crippen LogP contribution in [0.2, 0.25) is 13.6 Å². The van der Waals surface area contributed by atoms with Crippen molar-refractivity contribution in [2.75, 3.05) is 0 Å². The third-order valence-corrected chi connectivity index (χ3v) is 3.90. The van der Waals surface area contributed by atoms with Gasteiger partial charge in [0.15, 0.2) is 6.71 Å². The van der Waals surface area contributed by atoms with Crippen LogP contribution in [0.15, 0.2) is 0 Å². The van der Waals surface area contributed by atoms with E-state index in [0.29, 0.717) is 3.32 Å². The standard InChI is InChI=1S/C6H14BI/c1-5-6(2,8)7(3)4/h5H2,1-4H3. The monoisotopic (exact) mass is 224 g/mol. The van der Waals surface area contributed by atoms with Crippen LogP contribution in [-0.2, 0) is 0 Å². The molecule has 0 saturated carbocycles. The molecule has 0 aliphatic carbocycles. The highest BCUT2D eigenvalue weighted by molar-refractivity contribution is 14.1. The van der Waals surface area contributed by atoms with Crippen molar-refractivity contribution in [2.45, 2.75) is 37.2 Å². The van der Waals surface area contributed by atoms with E-state index in [9.17, 15) is 0 Å². The van der Waals surface area contributed by atoms with Crippen LogP contribution < -0.4 is 0 Å². The lowest BCUT2D eigenvalue weighted by Gasteiger charge is -2.22. The summed E-state index contributed by atoms with van der Waals surface area (Å²) in [5.41, 5.74) is 0. The Balaban J connectivity index is 3.71. The maximum Gasteiger partial charge on any atom is 0.152 e. The average Bonchev–Trinajstić information content (AvgIpc) is 1.67. The highest BCUT2D eigenvalue weighted by Crippen LogP contribution is 2.24. The summed E-state index contributed by atoms with van der Waals surface area (Å²) in [4.78, 5) is 0. The molecule has 48 valence electrons. The fraction of sp³-hybridized carbons (Fsp3) is 1.00. The highest BCUT2D eigenvalue weighted by Gasteiger charge is 2.23. The van der Waals surface area contributed by atoms with Crippen LogP contribution in [0.5, 0.6) is 0 Å². The number of hydrogen-bond acceptors (Lipinski definition) is 0. The van der Waals surface area contributed by atoms with Gasteiger partial charge in [0, 0.05) is 0 Å². The van der Waals surface area contributed by atoms with Gasteiger partial charge in [-0.3, -0.25) is 0 Å². The smallest absolute Gasteiger partial charge is 0.0883 e. The van der Waals surface area contributed by atoms with E-state index in [4.69, 9.17) is 0 Å². The van der Waals surface area contributed by atoms with E-state index in [2.05, 4.69) is 50.1 Å². The van der Waals surface area contributed by atoms with Crippen LogP contribution >= 0.6 is 22.6 Å². The molecule has 1 unspecified atom stereocenters. The lowest BCUT2D eigenvalue weighted by Crippen LogP contribution is -2.30. The quantitative estimate of drug-likeness (QED) is 0.384. The predicted octanol–water partition coefficient (Wildman–Crippen LogP) is 2.88. The van der Waals surface area contributed by atoms with Gasteiger partial charge >= 0.3 is 0 Å². The van der Waals surface area contributed by atoms with Crippen molar-refractivity contribution in [2.24, 2.45) is 0 Å². The Morgan fingerprint density at radius 2 is 1.88 bits per heavy atom. The molecule has 0 fully saturated rings. The van der Waals surface area contributed by atoms with E-state index in [1.807, 2.05) is 0 Å². The largest absolute Gasteiger partial charge is 0.152 e. The van der Waals surface area contributed by atoms with Crippen molar-refractivity contribution in [3.05, 3.63) is 0 Å². The summed E-state index contributed by atoms with van der Waals surface area (Å²) in [7, 11) is 0. The zero-order valence-electron chi connectivity index (χ0n) is 6.16. The summed E-state index contributed by atoms with van der Waals surface area (Å²) < 4.78 is 0.512. The van der Waals surface area contributed by atoms with Gasteiger partial charge in [-0.1, -0.05) is 50.1 Å². The number of halogens is 1. The molecule has 0 amide bonds.